The number of nitrogens with one attached hydrogen (secondary N) is 1. The summed E-state index contributed by atoms with van der Waals surface area (Å²) in [6.45, 7) is 0. The fourth-order valence-corrected chi connectivity index (χ4v) is 5.37. The molecule has 3 aromatic rings. The second-order valence-corrected chi connectivity index (χ2v) is 10.3. The largest absolute Gasteiger partial charge is 0.395 e. The maximum Gasteiger partial charge on any atom is 0.273 e. The van der Waals surface area contributed by atoms with Crippen LogP contribution in [0.1, 0.15) is 63.9 Å². The molecule has 9 nitrogen and oxygen atoms in total. The van der Waals surface area contributed by atoms with E-state index in [9.17, 15) is 18.8 Å². The number of hydrogen-bond donors (Lipinski definition) is 3. The van der Waals surface area contributed by atoms with Crippen LogP contribution in [-0.4, -0.2) is 42.2 Å². The standard InChI is InChI=1S/C27H31FN6O3S/c1-33(2)19-12-8-16(9-13-19)23(26(36)31-18-6-4-3-5-7-18)34(20-14-10-17(28)11-15-20)27(37)24-21(29)22(25(30)35)32-38-24/h8-15,18,23H,3-7,29H2,1-2H3,(H2,30,35)(H,31,36)/t23-/m0/s1. The average molecular weight is 539 g/mol. The SMILES string of the molecule is CN(C)c1ccc([C@@H](C(=O)NC2CCCCC2)N(C(=O)c2snc(C(N)=O)c2N)c2ccc(F)cc2)cc1. The Bertz CT molecular complexity index is 1300. The van der Waals surface area contributed by atoms with Crippen molar-refractivity contribution in [1.82, 2.24) is 9.69 Å². The van der Waals surface area contributed by atoms with E-state index in [4.69, 9.17) is 11.5 Å². The molecule has 0 unspecified atom stereocenters. The van der Waals surface area contributed by atoms with E-state index in [1.807, 2.05) is 31.1 Å². The van der Waals surface area contributed by atoms with Gasteiger partial charge in [-0.15, -0.1) is 0 Å². The van der Waals surface area contributed by atoms with E-state index in [1.54, 1.807) is 12.1 Å². The number of nitrogen functional groups attached to an aromatic ring is 1. The van der Waals surface area contributed by atoms with Crippen LogP contribution >= 0.6 is 11.5 Å². The Balaban J connectivity index is 1.84. The molecule has 0 saturated heterocycles. The Kier molecular flexibility index (Phi) is 8.26. The van der Waals surface area contributed by atoms with Gasteiger partial charge in [-0.2, -0.15) is 4.37 Å². The maximum absolute atomic E-state index is 14.1. The fourth-order valence-electron chi connectivity index (χ4n) is 4.62. The first-order valence-electron chi connectivity index (χ1n) is 12.4. The molecular weight excluding hydrogens is 507 g/mol. The molecule has 1 heterocycles. The number of halogens is 1. The zero-order valence-electron chi connectivity index (χ0n) is 21.3. The quantitative estimate of drug-likeness (QED) is 0.399. The Morgan fingerprint density at radius 2 is 1.61 bits per heavy atom. The second-order valence-electron chi connectivity index (χ2n) is 9.52. The molecule has 1 aromatic heterocycles. The maximum atomic E-state index is 14.1. The monoisotopic (exact) mass is 538 g/mol. The number of aromatic nitrogens is 1. The van der Waals surface area contributed by atoms with E-state index >= 15 is 0 Å². The van der Waals surface area contributed by atoms with Crippen LogP contribution in [0.15, 0.2) is 48.5 Å². The molecule has 0 aliphatic heterocycles. The lowest BCUT2D eigenvalue weighted by Gasteiger charge is -2.33. The summed E-state index contributed by atoms with van der Waals surface area (Å²) in [5.74, 6) is -2.38. The van der Waals surface area contributed by atoms with Crippen molar-refractivity contribution in [2.24, 2.45) is 5.73 Å². The van der Waals surface area contributed by atoms with Crippen molar-refractivity contribution in [2.45, 2.75) is 44.2 Å². The highest BCUT2D eigenvalue weighted by Gasteiger charge is 2.37. The van der Waals surface area contributed by atoms with E-state index in [0.29, 0.717) is 5.56 Å². The molecule has 0 radical (unpaired) electrons. The summed E-state index contributed by atoms with van der Waals surface area (Å²) in [7, 11) is 3.80. The van der Waals surface area contributed by atoms with Crippen LogP contribution in [0.4, 0.5) is 21.5 Å². The third kappa shape index (κ3) is 5.77. The summed E-state index contributed by atoms with van der Waals surface area (Å²) in [6, 6.07) is 11.4. The summed E-state index contributed by atoms with van der Waals surface area (Å²) in [5, 5.41) is 3.13. The molecular formula is C27H31FN6O3S. The van der Waals surface area contributed by atoms with Crippen LogP contribution in [0.3, 0.4) is 0 Å². The van der Waals surface area contributed by atoms with Crippen LogP contribution in [0.25, 0.3) is 0 Å². The summed E-state index contributed by atoms with van der Waals surface area (Å²) in [5.41, 5.74) is 12.8. The van der Waals surface area contributed by atoms with Crippen molar-refractivity contribution in [1.29, 1.82) is 0 Å². The van der Waals surface area contributed by atoms with Gasteiger partial charge in [0.1, 0.15) is 16.7 Å². The van der Waals surface area contributed by atoms with Crippen molar-refractivity contribution >= 4 is 46.3 Å². The summed E-state index contributed by atoms with van der Waals surface area (Å²) >= 11 is 0.726. The van der Waals surface area contributed by atoms with E-state index in [1.165, 1.54) is 29.2 Å². The number of nitrogens with zero attached hydrogens (tertiary/aromatic N) is 3. The van der Waals surface area contributed by atoms with Crippen molar-refractivity contribution in [2.75, 3.05) is 29.6 Å². The Labute approximate surface area is 224 Å². The van der Waals surface area contributed by atoms with Crippen LogP contribution in [-0.2, 0) is 4.79 Å². The first-order valence-corrected chi connectivity index (χ1v) is 13.2. The van der Waals surface area contributed by atoms with E-state index in [2.05, 4.69) is 9.69 Å². The molecule has 2 aromatic carbocycles. The highest BCUT2D eigenvalue weighted by Crippen LogP contribution is 2.34. The molecule has 1 aliphatic rings. The second kappa shape index (κ2) is 11.6. The molecule has 4 rings (SSSR count). The molecule has 3 amide bonds. The average Bonchev–Trinajstić information content (AvgIpc) is 3.29. The lowest BCUT2D eigenvalue weighted by molar-refractivity contribution is -0.123. The zero-order valence-corrected chi connectivity index (χ0v) is 22.1. The smallest absolute Gasteiger partial charge is 0.273 e. The highest BCUT2D eigenvalue weighted by atomic mass is 32.1. The minimum absolute atomic E-state index is 0.0140. The molecule has 11 heteroatoms. The van der Waals surface area contributed by atoms with Gasteiger partial charge in [0, 0.05) is 31.5 Å². The molecule has 5 N–H and O–H groups in total. The van der Waals surface area contributed by atoms with Gasteiger partial charge in [-0.05, 0) is 66.3 Å². The number of primary amides is 1. The summed E-state index contributed by atoms with van der Waals surface area (Å²) in [6.07, 6.45) is 4.86. The van der Waals surface area contributed by atoms with Gasteiger partial charge in [-0.25, -0.2) is 4.39 Å². The van der Waals surface area contributed by atoms with Gasteiger partial charge >= 0.3 is 0 Å². The number of hydrogen-bond acceptors (Lipinski definition) is 7. The van der Waals surface area contributed by atoms with Gasteiger partial charge in [0.2, 0.25) is 5.91 Å². The van der Waals surface area contributed by atoms with Crippen LogP contribution < -0.4 is 26.6 Å². The van der Waals surface area contributed by atoms with Crippen LogP contribution in [0.5, 0.6) is 0 Å². The number of nitrogens with two attached hydrogens (primary N) is 2. The zero-order chi connectivity index (χ0) is 27.4. The molecule has 0 bridgehead atoms. The Morgan fingerprint density at radius 3 is 2.16 bits per heavy atom. The fraction of sp³-hybridized carbons (Fsp3) is 0.333. The Hall–Kier alpha value is -3.99. The van der Waals surface area contributed by atoms with Crippen molar-refractivity contribution < 1.29 is 18.8 Å². The summed E-state index contributed by atoms with van der Waals surface area (Å²) in [4.78, 5) is 42.9. The predicted octanol–water partition coefficient (Wildman–Crippen LogP) is 3.87. The van der Waals surface area contributed by atoms with E-state index < -0.39 is 23.7 Å². The minimum atomic E-state index is -1.11. The van der Waals surface area contributed by atoms with Crippen molar-refractivity contribution in [3.63, 3.8) is 0 Å². The lowest BCUT2D eigenvalue weighted by Crippen LogP contribution is -2.47. The minimum Gasteiger partial charge on any atom is -0.395 e. The molecule has 1 aliphatic carbocycles. The molecule has 0 spiro atoms. The number of benzene rings is 2. The van der Waals surface area contributed by atoms with Crippen LogP contribution in [0, 0.1) is 5.82 Å². The van der Waals surface area contributed by atoms with Gasteiger partial charge in [-0.3, -0.25) is 19.3 Å². The van der Waals surface area contributed by atoms with Gasteiger partial charge < -0.3 is 21.7 Å². The number of anilines is 3. The first-order chi connectivity index (χ1) is 18.2. The first kappa shape index (κ1) is 27.1. The van der Waals surface area contributed by atoms with Crippen molar-refractivity contribution in [3.05, 3.63) is 70.5 Å². The van der Waals surface area contributed by atoms with Crippen LogP contribution in [0.2, 0.25) is 0 Å². The normalized spacial score (nSPS) is 14.5. The third-order valence-corrected chi connectivity index (χ3v) is 7.51. The number of amides is 3. The summed E-state index contributed by atoms with van der Waals surface area (Å²) < 4.78 is 17.8. The van der Waals surface area contributed by atoms with Gasteiger partial charge in [0.25, 0.3) is 11.8 Å². The molecule has 38 heavy (non-hydrogen) atoms. The van der Waals surface area contributed by atoms with Gasteiger partial charge in [0.15, 0.2) is 5.69 Å². The Morgan fingerprint density at radius 1 is 1.00 bits per heavy atom. The number of rotatable bonds is 8. The molecule has 1 saturated carbocycles. The topological polar surface area (TPSA) is 135 Å². The highest BCUT2D eigenvalue weighted by molar-refractivity contribution is 7.09. The number of carbonyl (C=O) groups is 3. The van der Waals surface area contributed by atoms with Crippen molar-refractivity contribution in [3.8, 4) is 0 Å². The van der Waals surface area contributed by atoms with E-state index in [-0.39, 0.29) is 33.9 Å². The van der Waals surface area contributed by atoms with E-state index in [0.717, 1.165) is 49.3 Å². The predicted molar refractivity (Wildman–Crippen MR) is 147 cm³/mol. The van der Waals surface area contributed by atoms with Gasteiger partial charge in [-0.1, -0.05) is 31.4 Å². The number of carbonyl (C=O) groups excluding carboxylic acids is 3. The van der Waals surface area contributed by atoms with Gasteiger partial charge in [0.05, 0.1) is 5.69 Å². The molecule has 1 atom stereocenters. The lowest BCUT2D eigenvalue weighted by atomic mass is 9.94. The molecule has 1 fully saturated rings. The third-order valence-electron chi connectivity index (χ3n) is 6.66. The molecule has 200 valence electrons.